The highest BCUT2D eigenvalue weighted by molar-refractivity contribution is 6.12. The van der Waals surface area contributed by atoms with Gasteiger partial charge in [-0.2, -0.15) is 18.3 Å². The Kier molecular flexibility index (Phi) is 3.87. The fraction of sp³-hybridized carbons (Fsp3) is 0.250. The minimum atomic E-state index is -4.83. The molecule has 27 heavy (non-hydrogen) atoms. The summed E-state index contributed by atoms with van der Waals surface area (Å²) in [5, 5.41) is 13.2. The van der Waals surface area contributed by atoms with Crippen molar-refractivity contribution in [2.45, 2.75) is 20.0 Å². The Hall–Kier alpha value is -3.24. The number of benzene rings is 1. The van der Waals surface area contributed by atoms with Crippen molar-refractivity contribution in [2.24, 2.45) is 12.8 Å². The first kappa shape index (κ1) is 18.5. The maximum atomic E-state index is 13.8. The van der Waals surface area contributed by atoms with Crippen LogP contribution in [0.2, 0.25) is 0 Å². The number of nitrogens with two attached hydrogens (primary N) is 2. The van der Waals surface area contributed by atoms with E-state index >= 15 is 0 Å². The Bertz CT molecular complexity index is 1110. The molecule has 7 nitrogen and oxygen atoms in total. The minimum absolute atomic E-state index is 0.0198. The molecule has 0 saturated heterocycles. The molecule has 144 valence electrons. The largest absolute Gasteiger partial charge is 0.505 e. The molecule has 5 N–H and O–H groups in total. The predicted molar refractivity (Wildman–Crippen MR) is 89.1 cm³/mol. The van der Waals surface area contributed by atoms with Crippen molar-refractivity contribution in [3.63, 3.8) is 0 Å². The molecule has 0 spiro atoms. The summed E-state index contributed by atoms with van der Waals surface area (Å²) in [6, 6.07) is 1.00. The Labute approximate surface area is 149 Å². The van der Waals surface area contributed by atoms with Crippen LogP contribution in [0.1, 0.15) is 27.2 Å². The normalized spacial score (nSPS) is 12.1. The number of nitrogens with zero attached hydrogens (tertiary/aromatic N) is 3. The first-order valence-corrected chi connectivity index (χ1v) is 7.60. The van der Waals surface area contributed by atoms with Gasteiger partial charge in [-0.15, -0.1) is 0 Å². The van der Waals surface area contributed by atoms with Crippen LogP contribution in [0.15, 0.2) is 6.07 Å². The van der Waals surface area contributed by atoms with Gasteiger partial charge in [-0.25, -0.2) is 4.39 Å². The van der Waals surface area contributed by atoms with E-state index in [-0.39, 0.29) is 28.3 Å². The Morgan fingerprint density at radius 3 is 2.41 bits per heavy atom. The number of hydrogen-bond donors (Lipinski definition) is 3. The maximum absolute atomic E-state index is 13.8. The van der Waals surface area contributed by atoms with Crippen molar-refractivity contribution in [3.05, 3.63) is 34.3 Å². The molecule has 0 aliphatic carbocycles. The Morgan fingerprint density at radius 1 is 1.30 bits per heavy atom. The lowest BCUT2D eigenvalue weighted by atomic mass is 10.1. The Morgan fingerprint density at radius 2 is 1.89 bits per heavy atom. The van der Waals surface area contributed by atoms with Crippen molar-refractivity contribution < 1.29 is 27.5 Å². The van der Waals surface area contributed by atoms with Crippen LogP contribution in [-0.4, -0.2) is 25.4 Å². The molecule has 1 amide bonds. The molecule has 0 saturated carbocycles. The second-order valence-corrected chi connectivity index (χ2v) is 6.13. The van der Waals surface area contributed by atoms with Gasteiger partial charge in [-0.3, -0.25) is 14.0 Å². The molecule has 0 aliphatic heterocycles. The van der Waals surface area contributed by atoms with Crippen LogP contribution in [0.3, 0.4) is 0 Å². The highest BCUT2D eigenvalue weighted by atomic mass is 19.4. The van der Waals surface area contributed by atoms with Gasteiger partial charge in [0.1, 0.15) is 5.82 Å². The third-order valence-corrected chi connectivity index (χ3v) is 4.38. The minimum Gasteiger partial charge on any atom is -0.505 e. The van der Waals surface area contributed by atoms with E-state index in [1.807, 2.05) is 0 Å². The van der Waals surface area contributed by atoms with Crippen molar-refractivity contribution >= 4 is 22.8 Å². The monoisotopic (exact) mass is 385 g/mol. The summed E-state index contributed by atoms with van der Waals surface area (Å²) in [4.78, 5) is 11.9. The van der Waals surface area contributed by atoms with E-state index in [1.165, 1.54) is 13.8 Å². The first-order valence-electron chi connectivity index (χ1n) is 7.60. The summed E-state index contributed by atoms with van der Waals surface area (Å²) in [6.07, 6.45) is -4.83. The van der Waals surface area contributed by atoms with Crippen LogP contribution >= 0.6 is 0 Å². The third kappa shape index (κ3) is 2.49. The molecular formula is C16H15F4N5O2. The molecule has 0 aliphatic rings. The number of phenolic OH excluding ortho intramolecular Hbond substituents is 1. The van der Waals surface area contributed by atoms with Crippen LogP contribution in [-0.2, 0) is 13.2 Å². The average Bonchev–Trinajstić information content (AvgIpc) is 2.97. The average molecular weight is 385 g/mol. The van der Waals surface area contributed by atoms with E-state index in [0.717, 1.165) is 17.7 Å². The first-order chi connectivity index (χ1) is 12.4. The summed E-state index contributed by atoms with van der Waals surface area (Å²) < 4.78 is 56.0. The lowest BCUT2D eigenvalue weighted by Crippen LogP contribution is -2.17. The smallest absolute Gasteiger partial charge is 0.433 e. The molecule has 0 atom stereocenters. The van der Waals surface area contributed by atoms with E-state index in [9.17, 15) is 27.5 Å². The number of anilines is 1. The molecule has 1 aromatic carbocycles. The number of carbonyl (C=O) groups is 1. The zero-order valence-corrected chi connectivity index (χ0v) is 14.4. The van der Waals surface area contributed by atoms with Crippen LogP contribution in [0.4, 0.5) is 23.4 Å². The van der Waals surface area contributed by atoms with Gasteiger partial charge in [-0.05, 0) is 25.5 Å². The summed E-state index contributed by atoms with van der Waals surface area (Å²) in [5.41, 5.74) is 9.59. The number of aryl methyl sites for hydroxylation is 2. The van der Waals surface area contributed by atoms with Crippen LogP contribution in [0.25, 0.3) is 16.7 Å². The van der Waals surface area contributed by atoms with Crippen LogP contribution < -0.4 is 11.5 Å². The number of alkyl halides is 3. The van der Waals surface area contributed by atoms with Gasteiger partial charge in [0, 0.05) is 12.6 Å². The molecule has 0 bridgehead atoms. The number of primary amides is 1. The Balaban J connectivity index is 2.57. The number of aromatic nitrogens is 3. The number of carbonyl (C=O) groups excluding carboxylic acids is 1. The van der Waals surface area contributed by atoms with Crippen molar-refractivity contribution in [2.75, 3.05) is 5.73 Å². The van der Waals surface area contributed by atoms with Crippen LogP contribution in [0.5, 0.6) is 5.75 Å². The number of rotatable bonds is 2. The second kappa shape index (κ2) is 5.63. The molecule has 11 heteroatoms. The molecule has 0 fully saturated rings. The van der Waals surface area contributed by atoms with Crippen molar-refractivity contribution in [3.8, 4) is 11.4 Å². The van der Waals surface area contributed by atoms with Gasteiger partial charge in [0.25, 0.3) is 5.91 Å². The summed E-state index contributed by atoms with van der Waals surface area (Å²) in [5.74, 6) is -3.15. The van der Waals surface area contributed by atoms with Gasteiger partial charge in [0.2, 0.25) is 0 Å². The fourth-order valence-corrected chi connectivity index (χ4v) is 3.31. The molecule has 2 heterocycles. The van der Waals surface area contributed by atoms with Crippen LogP contribution in [0, 0.1) is 19.7 Å². The molecule has 3 rings (SSSR count). The van der Waals surface area contributed by atoms with Gasteiger partial charge in [0.05, 0.1) is 16.6 Å². The molecule has 0 unspecified atom stereocenters. The summed E-state index contributed by atoms with van der Waals surface area (Å²) in [6.45, 7) is 2.84. The van der Waals surface area contributed by atoms with Gasteiger partial charge in [-0.1, -0.05) is 0 Å². The lowest BCUT2D eigenvalue weighted by Gasteiger charge is -2.15. The van der Waals surface area contributed by atoms with Gasteiger partial charge < -0.3 is 16.6 Å². The molecule has 2 aromatic heterocycles. The van der Waals surface area contributed by atoms with E-state index in [2.05, 4.69) is 5.10 Å². The van der Waals surface area contributed by atoms with Crippen molar-refractivity contribution in [1.82, 2.24) is 14.3 Å². The van der Waals surface area contributed by atoms with E-state index < -0.39 is 40.3 Å². The zero-order chi connectivity index (χ0) is 20.4. The standard InChI is InChI=1S/C16H15F4N5O2/c1-5-4-7(17)11(26)6(2)10(5)25-13(21)9(14(22)27)8-12(16(18,19)20)24(3)23-15(8)25/h4,26H,21H2,1-3H3,(H2,22,27). The number of phenols is 1. The van der Waals surface area contributed by atoms with Crippen molar-refractivity contribution in [1.29, 1.82) is 0 Å². The number of aromatic hydroxyl groups is 1. The molecule has 0 radical (unpaired) electrons. The quantitative estimate of drug-likeness (QED) is 0.589. The number of hydrogen-bond acceptors (Lipinski definition) is 4. The predicted octanol–water partition coefficient (Wildman–Crippen LogP) is 2.53. The topological polar surface area (TPSA) is 112 Å². The SMILES string of the molecule is Cc1cc(F)c(O)c(C)c1-n1c(N)c(C(N)=O)c2c(C(F)(F)F)n(C)nc21. The number of fused-ring (bicyclic) bond motifs is 1. The lowest BCUT2D eigenvalue weighted by molar-refractivity contribution is -0.142. The number of amides is 1. The fourth-order valence-electron chi connectivity index (χ4n) is 3.31. The number of halogens is 4. The van der Waals surface area contributed by atoms with Gasteiger partial charge in [0.15, 0.2) is 22.9 Å². The van der Waals surface area contributed by atoms with E-state index in [0.29, 0.717) is 4.68 Å². The van der Waals surface area contributed by atoms with E-state index in [4.69, 9.17) is 11.5 Å². The highest BCUT2D eigenvalue weighted by Gasteiger charge is 2.41. The maximum Gasteiger partial charge on any atom is 0.433 e. The van der Waals surface area contributed by atoms with Gasteiger partial charge >= 0.3 is 6.18 Å². The van der Waals surface area contributed by atoms with E-state index in [1.54, 1.807) is 0 Å². The molecular weight excluding hydrogens is 370 g/mol. The second-order valence-electron chi connectivity index (χ2n) is 6.13. The zero-order valence-electron chi connectivity index (χ0n) is 14.4. The summed E-state index contributed by atoms with van der Waals surface area (Å²) >= 11 is 0. The molecule has 3 aromatic rings. The summed E-state index contributed by atoms with van der Waals surface area (Å²) in [7, 11) is 1.07. The highest BCUT2D eigenvalue weighted by Crippen LogP contribution is 2.42. The third-order valence-electron chi connectivity index (χ3n) is 4.38. The number of nitrogen functional groups attached to an aromatic ring is 1.